The van der Waals surface area contributed by atoms with Crippen LogP contribution in [0.3, 0.4) is 0 Å². The van der Waals surface area contributed by atoms with Gasteiger partial charge in [-0.05, 0) is 70.4 Å². The number of fused-ring (bicyclic) bond motifs is 1. The van der Waals surface area contributed by atoms with E-state index in [-0.39, 0.29) is 43.5 Å². The van der Waals surface area contributed by atoms with Crippen molar-refractivity contribution >= 4 is 51.6 Å². The molecule has 11 nitrogen and oxygen atoms in total. The van der Waals surface area contributed by atoms with Gasteiger partial charge in [-0.1, -0.05) is 16.8 Å². The van der Waals surface area contributed by atoms with Gasteiger partial charge in [-0.25, -0.2) is 0 Å². The summed E-state index contributed by atoms with van der Waals surface area (Å²) in [5, 5.41) is 15.1. The van der Waals surface area contributed by atoms with E-state index in [1.165, 1.54) is 11.3 Å². The van der Waals surface area contributed by atoms with Crippen molar-refractivity contribution in [3.63, 3.8) is 0 Å². The lowest BCUT2D eigenvalue weighted by atomic mass is 10.1. The van der Waals surface area contributed by atoms with Crippen LogP contribution in [0.2, 0.25) is 4.34 Å². The molecular formula is C29H33ClN6O5S. The molecule has 1 aliphatic rings. The van der Waals surface area contributed by atoms with Crippen molar-refractivity contribution < 1.29 is 23.6 Å². The van der Waals surface area contributed by atoms with Crippen LogP contribution in [0.25, 0.3) is 21.5 Å². The summed E-state index contributed by atoms with van der Waals surface area (Å²) >= 11 is 7.46. The van der Waals surface area contributed by atoms with Crippen LogP contribution in [0.4, 0.5) is 0 Å². The topological polar surface area (TPSA) is 132 Å². The Morgan fingerprint density at radius 2 is 2.00 bits per heavy atom. The molecule has 1 unspecified atom stereocenters. The van der Waals surface area contributed by atoms with Gasteiger partial charge in [-0.3, -0.25) is 24.0 Å². The first kappa shape index (κ1) is 29.7. The molecule has 42 heavy (non-hydrogen) atoms. The monoisotopic (exact) mass is 612 g/mol. The van der Waals surface area contributed by atoms with Crippen LogP contribution in [0.1, 0.15) is 66.6 Å². The van der Waals surface area contributed by atoms with Crippen LogP contribution < -0.4 is 10.6 Å². The first-order valence-corrected chi connectivity index (χ1v) is 15.1. The number of hydrogen-bond donors (Lipinski definition) is 2. The lowest BCUT2D eigenvalue weighted by Crippen LogP contribution is -2.53. The zero-order valence-electron chi connectivity index (χ0n) is 23.7. The van der Waals surface area contributed by atoms with Crippen LogP contribution in [0, 0.1) is 0 Å². The number of carbonyl (C=O) groups excluding carboxylic acids is 3. The lowest BCUT2D eigenvalue weighted by molar-refractivity contribution is -0.141. The predicted molar refractivity (Wildman–Crippen MR) is 160 cm³/mol. The highest BCUT2D eigenvalue weighted by Gasteiger charge is 2.28. The Hall–Kier alpha value is -3.74. The Labute approximate surface area is 252 Å². The van der Waals surface area contributed by atoms with E-state index in [1.54, 1.807) is 35.9 Å². The van der Waals surface area contributed by atoms with Crippen molar-refractivity contribution in [3.05, 3.63) is 57.7 Å². The third-order valence-corrected chi connectivity index (χ3v) is 8.36. The number of amides is 2. The van der Waals surface area contributed by atoms with Gasteiger partial charge in [0.25, 0.3) is 11.8 Å². The smallest absolute Gasteiger partial charge is 0.325 e. The van der Waals surface area contributed by atoms with Crippen molar-refractivity contribution in [2.45, 2.75) is 58.8 Å². The highest BCUT2D eigenvalue weighted by atomic mass is 35.5. The second-order valence-electron chi connectivity index (χ2n) is 10.3. The summed E-state index contributed by atoms with van der Waals surface area (Å²) in [4.78, 5) is 41.4. The molecule has 0 bridgehead atoms. The van der Waals surface area contributed by atoms with Crippen molar-refractivity contribution in [1.82, 2.24) is 30.5 Å². The van der Waals surface area contributed by atoms with Gasteiger partial charge >= 0.3 is 5.97 Å². The largest absolute Gasteiger partial charge is 0.465 e. The number of thiophene rings is 1. The number of rotatable bonds is 10. The number of carbonyl (C=O) groups is 3. The molecule has 4 aromatic rings. The Morgan fingerprint density at radius 3 is 2.74 bits per heavy atom. The summed E-state index contributed by atoms with van der Waals surface area (Å²) < 4.78 is 12.8. The van der Waals surface area contributed by atoms with Crippen LogP contribution in [-0.2, 0) is 16.1 Å². The normalized spacial score (nSPS) is 15.7. The van der Waals surface area contributed by atoms with Crippen molar-refractivity contribution in [1.29, 1.82) is 0 Å². The second-order valence-corrected chi connectivity index (χ2v) is 12.0. The number of ether oxygens (including phenoxy) is 1. The fraction of sp³-hybridized carbons (Fsp3) is 0.414. The Balaban J connectivity index is 1.45. The van der Waals surface area contributed by atoms with Crippen molar-refractivity contribution in [2.24, 2.45) is 0 Å². The molecule has 0 saturated carbocycles. The minimum Gasteiger partial charge on any atom is -0.465 e. The summed E-state index contributed by atoms with van der Waals surface area (Å²) in [5.74, 6) is -0.728. The zero-order chi connectivity index (χ0) is 29.8. The number of aromatic nitrogens is 3. The van der Waals surface area contributed by atoms with Gasteiger partial charge in [0.2, 0.25) is 0 Å². The summed E-state index contributed by atoms with van der Waals surface area (Å²) in [7, 11) is 0. The maximum Gasteiger partial charge on any atom is 0.325 e. The average molecular weight is 613 g/mol. The van der Waals surface area contributed by atoms with Gasteiger partial charge in [0, 0.05) is 29.6 Å². The molecule has 3 aromatic heterocycles. The third-order valence-electron chi connectivity index (χ3n) is 7.12. The van der Waals surface area contributed by atoms with E-state index in [4.69, 9.17) is 20.9 Å². The molecule has 1 atom stereocenters. The molecule has 5 rings (SSSR count). The molecule has 1 fully saturated rings. The molecule has 2 amide bonds. The lowest BCUT2D eigenvalue weighted by Gasteiger charge is -2.38. The van der Waals surface area contributed by atoms with E-state index in [9.17, 15) is 14.4 Å². The van der Waals surface area contributed by atoms with Crippen molar-refractivity contribution in [3.8, 4) is 10.6 Å². The number of halogens is 1. The van der Waals surface area contributed by atoms with E-state index >= 15 is 0 Å². The van der Waals surface area contributed by atoms with E-state index in [0.29, 0.717) is 32.3 Å². The molecule has 0 radical (unpaired) electrons. The highest BCUT2D eigenvalue weighted by molar-refractivity contribution is 7.19. The van der Waals surface area contributed by atoms with E-state index in [1.807, 2.05) is 12.1 Å². The third kappa shape index (κ3) is 6.66. The minimum absolute atomic E-state index is 0.113. The average Bonchev–Trinajstić information content (AvgIpc) is 3.71. The molecule has 13 heteroatoms. The number of nitrogens with one attached hydrogen (secondary N) is 2. The van der Waals surface area contributed by atoms with E-state index in [2.05, 4.69) is 39.6 Å². The summed E-state index contributed by atoms with van der Waals surface area (Å²) in [6, 6.07) is 10.7. The van der Waals surface area contributed by atoms with Gasteiger partial charge < -0.3 is 19.9 Å². The molecule has 4 heterocycles. The number of nitrogens with zero attached hydrogens (tertiary/aromatic N) is 4. The number of piperidine rings is 1. The molecule has 1 aromatic carbocycles. The Kier molecular flexibility index (Phi) is 9.24. The van der Waals surface area contributed by atoms with E-state index in [0.717, 1.165) is 30.7 Å². The molecule has 2 N–H and O–H groups in total. The predicted octanol–water partition coefficient (Wildman–Crippen LogP) is 4.70. The fourth-order valence-corrected chi connectivity index (χ4v) is 6.12. The molecule has 0 aliphatic carbocycles. The Bertz CT molecular complexity index is 1590. The number of hydrogen-bond acceptors (Lipinski definition) is 9. The molecule has 222 valence electrons. The van der Waals surface area contributed by atoms with Gasteiger partial charge in [-0.2, -0.15) is 5.10 Å². The van der Waals surface area contributed by atoms with Gasteiger partial charge in [-0.15, -0.1) is 11.3 Å². The first-order chi connectivity index (χ1) is 20.2. The second kappa shape index (κ2) is 13.1. The molecule has 1 aliphatic heterocycles. The first-order valence-electron chi connectivity index (χ1n) is 14.0. The van der Waals surface area contributed by atoms with Crippen LogP contribution >= 0.6 is 22.9 Å². The quantitative estimate of drug-likeness (QED) is 0.246. The van der Waals surface area contributed by atoms with Gasteiger partial charge in [0.05, 0.1) is 34.0 Å². The number of benzene rings is 1. The van der Waals surface area contributed by atoms with Crippen LogP contribution in [-0.4, -0.2) is 69.5 Å². The van der Waals surface area contributed by atoms with Crippen LogP contribution in [0.5, 0.6) is 0 Å². The molecule has 1 saturated heterocycles. The van der Waals surface area contributed by atoms with Crippen molar-refractivity contribution in [2.75, 3.05) is 19.7 Å². The Morgan fingerprint density at radius 1 is 1.17 bits per heavy atom. The summed E-state index contributed by atoms with van der Waals surface area (Å²) in [6.07, 6.45) is 2.85. The summed E-state index contributed by atoms with van der Waals surface area (Å²) in [5.41, 5.74) is 1.75. The standard InChI is InChI=1S/C29H33ClN6O5S/c1-4-40-26(37)15-31-28(38)18-8-9-21-20(13-18)27(29(39)32-25-7-5-6-12-35(25)17(2)3)33-36(21)16-19-14-22(41-34-19)23-10-11-24(30)42-23/h8-11,13-14,17,25H,4-7,12,15-16H2,1-3H3,(H,31,38)(H,32,39). The maximum absolute atomic E-state index is 13.7. The number of esters is 1. The maximum atomic E-state index is 13.7. The SMILES string of the molecule is CCOC(=O)CNC(=O)c1ccc2c(c1)c(C(=O)NC1CCCCN1C(C)C)nn2Cc1cc(-c2ccc(Cl)s2)on1. The fourth-order valence-electron chi connectivity index (χ4n) is 5.12. The summed E-state index contributed by atoms with van der Waals surface area (Å²) in [6.45, 7) is 7.05. The molecular weight excluding hydrogens is 580 g/mol. The molecule has 0 spiro atoms. The van der Waals surface area contributed by atoms with E-state index < -0.39 is 11.9 Å². The zero-order valence-corrected chi connectivity index (χ0v) is 25.3. The minimum atomic E-state index is -0.529. The van der Waals surface area contributed by atoms with Gasteiger partial charge in [0.1, 0.15) is 12.2 Å². The van der Waals surface area contributed by atoms with Gasteiger partial charge in [0.15, 0.2) is 11.5 Å². The number of likely N-dealkylation sites (tertiary alicyclic amines) is 1. The van der Waals surface area contributed by atoms with Crippen LogP contribution in [0.15, 0.2) is 40.9 Å². The highest BCUT2D eigenvalue weighted by Crippen LogP contribution is 2.32.